The van der Waals surface area contributed by atoms with Gasteiger partial charge in [0.2, 0.25) is 17.7 Å². The molecule has 3 rings (SSSR count). The highest BCUT2D eigenvalue weighted by molar-refractivity contribution is 5.93. The molecule has 0 aromatic carbocycles. The van der Waals surface area contributed by atoms with Gasteiger partial charge >= 0.3 is 5.97 Å². The van der Waals surface area contributed by atoms with Crippen LogP contribution in [0.15, 0.2) is 12.5 Å². The molecule has 5 N–H and O–H groups in total. The van der Waals surface area contributed by atoms with Crippen molar-refractivity contribution in [3.05, 3.63) is 18.2 Å². The van der Waals surface area contributed by atoms with Crippen molar-refractivity contribution in [1.82, 2.24) is 30.8 Å². The number of carbonyl (C=O) groups is 4. The van der Waals surface area contributed by atoms with E-state index in [1.807, 2.05) is 0 Å². The average molecular weight is 406 g/mol. The van der Waals surface area contributed by atoms with E-state index in [-0.39, 0.29) is 24.9 Å². The first-order valence-electron chi connectivity index (χ1n) is 9.76. The molecule has 29 heavy (non-hydrogen) atoms. The molecular weight excluding hydrogens is 380 g/mol. The summed E-state index contributed by atoms with van der Waals surface area (Å²) in [6.07, 6.45) is 5.93. The van der Waals surface area contributed by atoms with Crippen molar-refractivity contribution in [2.75, 3.05) is 19.6 Å². The number of aromatic amines is 1. The van der Waals surface area contributed by atoms with E-state index in [0.717, 1.165) is 25.8 Å². The quantitative estimate of drug-likeness (QED) is 0.347. The molecule has 3 atom stereocenters. The molecular formula is C18H26N6O5. The number of aliphatic carboxylic acids is 1. The van der Waals surface area contributed by atoms with Gasteiger partial charge in [0, 0.05) is 24.9 Å². The Morgan fingerprint density at radius 3 is 2.76 bits per heavy atom. The van der Waals surface area contributed by atoms with Crippen molar-refractivity contribution >= 4 is 23.7 Å². The Morgan fingerprint density at radius 1 is 1.28 bits per heavy atom. The van der Waals surface area contributed by atoms with Crippen LogP contribution in [0.3, 0.4) is 0 Å². The van der Waals surface area contributed by atoms with Crippen LogP contribution in [0.4, 0.5) is 0 Å². The number of imidazole rings is 1. The molecule has 0 radical (unpaired) electrons. The molecule has 0 saturated carbocycles. The monoisotopic (exact) mass is 406 g/mol. The van der Waals surface area contributed by atoms with E-state index in [0.29, 0.717) is 18.7 Å². The third-order valence-electron chi connectivity index (χ3n) is 5.23. The second-order valence-electron chi connectivity index (χ2n) is 7.30. The van der Waals surface area contributed by atoms with Gasteiger partial charge in [0.15, 0.2) is 0 Å². The topological polar surface area (TPSA) is 157 Å². The van der Waals surface area contributed by atoms with E-state index >= 15 is 0 Å². The number of H-pyrrole nitrogens is 1. The third kappa shape index (κ3) is 5.31. The number of rotatable bonds is 8. The van der Waals surface area contributed by atoms with Crippen molar-refractivity contribution in [1.29, 1.82) is 0 Å². The molecule has 1 aromatic rings. The number of hydrogen-bond acceptors (Lipinski definition) is 6. The summed E-state index contributed by atoms with van der Waals surface area (Å²) in [5, 5.41) is 17.3. The van der Waals surface area contributed by atoms with Crippen LogP contribution in [0.25, 0.3) is 0 Å². The molecule has 0 spiro atoms. The highest BCUT2D eigenvalue weighted by atomic mass is 16.4. The molecule has 11 nitrogen and oxygen atoms in total. The van der Waals surface area contributed by atoms with Gasteiger partial charge in [0.1, 0.15) is 12.1 Å². The molecule has 0 aliphatic carbocycles. The fourth-order valence-electron chi connectivity index (χ4n) is 3.75. The molecule has 2 saturated heterocycles. The predicted molar refractivity (Wildman–Crippen MR) is 101 cm³/mol. The summed E-state index contributed by atoms with van der Waals surface area (Å²) in [6, 6.07) is -1.98. The smallest absolute Gasteiger partial charge is 0.326 e. The molecule has 3 unspecified atom stereocenters. The van der Waals surface area contributed by atoms with Crippen LogP contribution in [-0.4, -0.2) is 81.4 Å². The Balaban J connectivity index is 1.49. The van der Waals surface area contributed by atoms with Crippen LogP contribution < -0.4 is 16.0 Å². The summed E-state index contributed by atoms with van der Waals surface area (Å²) >= 11 is 0. The van der Waals surface area contributed by atoms with E-state index in [2.05, 4.69) is 25.9 Å². The Morgan fingerprint density at radius 2 is 2.10 bits per heavy atom. The molecule has 158 valence electrons. The second-order valence-corrected chi connectivity index (χ2v) is 7.30. The highest BCUT2D eigenvalue weighted by Gasteiger charge is 2.37. The lowest BCUT2D eigenvalue weighted by molar-refractivity contribution is -0.142. The molecule has 3 amide bonds. The van der Waals surface area contributed by atoms with Gasteiger partial charge in [-0.25, -0.2) is 9.78 Å². The minimum Gasteiger partial charge on any atom is -0.480 e. The number of hydrogen-bond donors (Lipinski definition) is 5. The first-order valence-corrected chi connectivity index (χ1v) is 9.76. The Kier molecular flexibility index (Phi) is 6.81. The van der Waals surface area contributed by atoms with Gasteiger partial charge in [0.05, 0.1) is 18.9 Å². The predicted octanol–water partition coefficient (Wildman–Crippen LogP) is -1.62. The van der Waals surface area contributed by atoms with Gasteiger partial charge in [0.25, 0.3) is 0 Å². The van der Waals surface area contributed by atoms with E-state index in [9.17, 15) is 24.3 Å². The maximum absolute atomic E-state index is 12.6. The maximum Gasteiger partial charge on any atom is 0.326 e. The van der Waals surface area contributed by atoms with Gasteiger partial charge in [-0.05, 0) is 32.2 Å². The SMILES string of the molecule is O=C(CNC(=O)C1CCCN1C(=O)C1CCCN1)NC(Cc1cnc[nH]1)C(=O)O. The zero-order chi connectivity index (χ0) is 20.8. The van der Waals surface area contributed by atoms with Crippen molar-refractivity contribution in [3.8, 4) is 0 Å². The standard InChI is InChI=1S/C18H26N6O5/c25-15(23-13(18(28)29)7-11-8-19-10-22-11)9-21-16(26)14-4-2-6-24(14)17(27)12-3-1-5-20-12/h8,10,12-14,20H,1-7,9H2,(H,19,22)(H,21,26)(H,23,25)(H,28,29). The highest BCUT2D eigenvalue weighted by Crippen LogP contribution is 2.20. The van der Waals surface area contributed by atoms with Crippen molar-refractivity contribution < 1.29 is 24.3 Å². The first kappa shape index (κ1) is 20.8. The number of nitrogens with zero attached hydrogens (tertiary/aromatic N) is 2. The number of aromatic nitrogens is 2. The van der Waals surface area contributed by atoms with E-state index in [1.54, 1.807) is 4.90 Å². The summed E-state index contributed by atoms with van der Waals surface area (Å²) in [6.45, 7) is 0.961. The van der Waals surface area contributed by atoms with E-state index in [4.69, 9.17) is 0 Å². The van der Waals surface area contributed by atoms with Gasteiger partial charge in [-0.3, -0.25) is 14.4 Å². The average Bonchev–Trinajstić information content (AvgIpc) is 3.47. The Hall–Kier alpha value is -2.95. The van der Waals surface area contributed by atoms with E-state index < -0.39 is 29.9 Å². The summed E-state index contributed by atoms with van der Waals surface area (Å²) in [5.41, 5.74) is 0.572. The lowest BCUT2D eigenvalue weighted by Crippen LogP contribution is -2.53. The number of carboxylic acids is 1. The summed E-state index contributed by atoms with van der Waals surface area (Å²) in [5.74, 6) is -2.27. The number of carbonyl (C=O) groups excluding carboxylic acids is 3. The van der Waals surface area contributed by atoms with Crippen LogP contribution in [0.2, 0.25) is 0 Å². The van der Waals surface area contributed by atoms with Gasteiger partial charge in [-0.2, -0.15) is 0 Å². The van der Waals surface area contributed by atoms with Crippen LogP contribution >= 0.6 is 0 Å². The van der Waals surface area contributed by atoms with Crippen molar-refractivity contribution in [3.63, 3.8) is 0 Å². The first-order chi connectivity index (χ1) is 14.0. The number of carboxylic acid groups (broad SMARTS) is 1. The molecule has 0 bridgehead atoms. The lowest BCUT2D eigenvalue weighted by Gasteiger charge is -2.26. The minimum absolute atomic E-state index is 0.0499. The largest absolute Gasteiger partial charge is 0.480 e. The number of amides is 3. The van der Waals surface area contributed by atoms with Gasteiger partial charge in [-0.1, -0.05) is 0 Å². The zero-order valence-electron chi connectivity index (χ0n) is 16.0. The molecule has 2 aliphatic rings. The third-order valence-corrected chi connectivity index (χ3v) is 5.23. The zero-order valence-corrected chi connectivity index (χ0v) is 16.0. The number of nitrogens with one attached hydrogen (secondary N) is 4. The Bertz CT molecular complexity index is 746. The van der Waals surface area contributed by atoms with Crippen molar-refractivity contribution in [2.45, 2.75) is 50.2 Å². The summed E-state index contributed by atoms with van der Waals surface area (Å²) < 4.78 is 0. The van der Waals surface area contributed by atoms with Crippen LogP contribution in [-0.2, 0) is 25.6 Å². The van der Waals surface area contributed by atoms with Gasteiger partial charge in [-0.15, -0.1) is 0 Å². The van der Waals surface area contributed by atoms with Gasteiger partial charge < -0.3 is 30.9 Å². The maximum atomic E-state index is 12.6. The number of likely N-dealkylation sites (tertiary alicyclic amines) is 1. The summed E-state index contributed by atoms with van der Waals surface area (Å²) in [7, 11) is 0. The molecule has 2 fully saturated rings. The van der Waals surface area contributed by atoms with Crippen LogP contribution in [0.5, 0.6) is 0 Å². The molecule has 2 aliphatic heterocycles. The van der Waals surface area contributed by atoms with Crippen LogP contribution in [0, 0.1) is 0 Å². The van der Waals surface area contributed by atoms with E-state index in [1.165, 1.54) is 12.5 Å². The van der Waals surface area contributed by atoms with Crippen molar-refractivity contribution in [2.24, 2.45) is 0 Å². The lowest BCUT2D eigenvalue weighted by atomic mass is 10.1. The second kappa shape index (κ2) is 9.50. The fourth-order valence-corrected chi connectivity index (χ4v) is 3.75. The normalized spacial score (nSPS) is 22.3. The molecule has 11 heteroatoms. The van der Waals surface area contributed by atoms with Crippen LogP contribution in [0.1, 0.15) is 31.4 Å². The molecule has 1 aromatic heterocycles. The fraction of sp³-hybridized carbons (Fsp3) is 0.611. The summed E-state index contributed by atoms with van der Waals surface area (Å²) in [4.78, 5) is 56.8. The minimum atomic E-state index is -1.18. The molecule has 3 heterocycles. The Labute approximate surface area is 167 Å².